The van der Waals surface area contributed by atoms with Crippen molar-refractivity contribution < 1.29 is 28.8 Å². The number of ether oxygens (including phenoxy) is 5. The van der Waals surface area contributed by atoms with Gasteiger partial charge in [-0.05, 0) is 5.56 Å². The lowest BCUT2D eigenvalue weighted by Crippen LogP contribution is -2.38. The van der Waals surface area contributed by atoms with Gasteiger partial charge in [0.25, 0.3) is 0 Å². The molecule has 1 aromatic rings. The topological polar surface area (TPSA) is 66.4 Å². The van der Waals surface area contributed by atoms with Crippen LogP contribution in [0.25, 0.3) is 0 Å². The Morgan fingerprint density at radius 1 is 1.19 bits per heavy atom. The van der Waals surface area contributed by atoms with Gasteiger partial charge in [-0.25, -0.2) is 0 Å². The summed E-state index contributed by atoms with van der Waals surface area (Å²) in [6.07, 6.45) is -2.51. The van der Waals surface area contributed by atoms with Gasteiger partial charge in [-0.1, -0.05) is 30.3 Å². The second-order valence-electron chi connectivity index (χ2n) is 4.81. The molecule has 1 heterocycles. The molecule has 1 fully saturated rings. The summed E-state index contributed by atoms with van der Waals surface area (Å²) in [7, 11) is 3.01. The van der Waals surface area contributed by atoms with E-state index in [2.05, 4.69) is 0 Å². The van der Waals surface area contributed by atoms with Gasteiger partial charge in [0.05, 0.1) is 13.2 Å². The van der Waals surface area contributed by atoms with Gasteiger partial charge in [-0.15, -0.1) is 0 Å². The van der Waals surface area contributed by atoms with Gasteiger partial charge in [0.15, 0.2) is 6.29 Å². The first-order valence-electron chi connectivity index (χ1n) is 6.84. The zero-order valence-electron chi connectivity index (χ0n) is 12.3. The first-order chi connectivity index (χ1) is 10.3. The molecule has 1 aromatic carbocycles. The van der Waals surface area contributed by atoms with Crippen LogP contribution in [0.4, 0.5) is 0 Å². The van der Waals surface area contributed by atoms with Crippen molar-refractivity contribution in [3.8, 4) is 0 Å². The normalized spacial score (nSPS) is 28.9. The number of benzene rings is 1. The molecule has 1 aliphatic heterocycles. The van der Waals surface area contributed by atoms with Gasteiger partial charge in [0.2, 0.25) is 0 Å². The monoisotopic (exact) mass is 298 g/mol. The molecule has 0 unspecified atom stereocenters. The highest BCUT2D eigenvalue weighted by Crippen LogP contribution is 2.25. The summed E-state index contributed by atoms with van der Waals surface area (Å²) in [5.41, 5.74) is 1.08. The largest absolute Gasteiger partial charge is 0.385 e. The molecule has 0 bridgehead atoms. The summed E-state index contributed by atoms with van der Waals surface area (Å²) < 4.78 is 26.6. The van der Waals surface area contributed by atoms with E-state index in [9.17, 15) is 5.11 Å². The van der Waals surface area contributed by atoms with Crippen molar-refractivity contribution in [2.24, 2.45) is 0 Å². The molecule has 6 nitrogen and oxygen atoms in total. The van der Waals surface area contributed by atoms with Crippen molar-refractivity contribution in [1.29, 1.82) is 0 Å². The van der Waals surface area contributed by atoms with Crippen LogP contribution in [-0.2, 0) is 30.3 Å². The van der Waals surface area contributed by atoms with Crippen LogP contribution >= 0.6 is 0 Å². The Kier molecular flexibility index (Phi) is 6.56. The first-order valence-corrected chi connectivity index (χ1v) is 6.84. The quantitative estimate of drug-likeness (QED) is 0.720. The lowest BCUT2D eigenvalue weighted by Gasteiger charge is -2.20. The molecule has 4 atom stereocenters. The molecular formula is C15H22O6. The molecule has 0 amide bonds. The molecule has 1 saturated heterocycles. The van der Waals surface area contributed by atoms with E-state index in [0.717, 1.165) is 5.56 Å². The van der Waals surface area contributed by atoms with E-state index < -0.39 is 24.6 Å². The van der Waals surface area contributed by atoms with E-state index in [4.69, 9.17) is 23.7 Å². The van der Waals surface area contributed by atoms with E-state index in [1.165, 1.54) is 14.2 Å². The minimum Gasteiger partial charge on any atom is -0.385 e. The third-order valence-corrected chi connectivity index (χ3v) is 3.30. The lowest BCUT2D eigenvalue weighted by molar-refractivity contribution is -0.156. The summed E-state index contributed by atoms with van der Waals surface area (Å²) in [5.74, 6) is 0. The fourth-order valence-electron chi connectivity index (χ4n) is 2.25. The molecule has 21 heavy (non-hydrogen) atoms. The van der Waals surface area contributed by atoms with E-state index in [1.807, 2.05) is 30.3 Å². The van der Waals surface area contributed by atoms with Crippen LogP contribution in [0.3, 0.4) is 0 Å². The fourth-order valence-corrected chi connectivity index (χ4v) is 2.25. The van der Waals surface area contributed by atoms with Crippen LogP contribution in [0.5, 0.6) is 0 Å². The molecular weight excluding hydrogens is 276 g/mol. The molecule has 0 aliphatic carbocycles. The number of methoxy groups -OCH3 is 2. The number of aliphatic hydroxyl groups is 1. The fraction of sp³-hybridized carbons (Fsp3) is 0.600. The Hall–Kier alpha value is -1.02. The summed E-state index contributed by atoms with van der Waals surface area (Å²) in [6.45, 7) is 0.863. The van der Waals surface area contributed by atoms with E-state index >= 15 is 0 Å². The molecule has 0 aromatic heterocycles. The van der Waals surface area contributed by atoms with E-state index in [-0.39, 0.29) is 6.79 Å². The van der Waals surface area contributed by atoms with Crippen LogP contribution in [0.2, 0.25) is 0 Å². The molecule has 0 spiro atoms. The highest BCUT2D eigenvalue weighted by atomic mass is 16.7. The second kappa shape index (κ2) is 8.43. The Bertz CT molecular complexity index is 398. The molecule has 1 N–H and O–H groups in total. The Balaban J connectivity index is 1.84. The Morgan fingerprint density at radius 2 is 1.95 bits per heavy atom. The van der Waals surface area contributed by atoms with Crippen molar-refractivity contribution in [2.75, 3.05) is 27.6 Å². The van der Waals surface area contributed by atoms with Gasteiger partial charge < -0.3 is 28.8 Å². The van der Waals surface area contributed by atoms with Crippen LogP contribution in [0.1, 0.15) is 5.56 Å². The van der Waals surface area contributed by atoms with Crippen molar-refractivity contribution in [1.82, 2.24) is 0 Å². The van der Waals surface area contributed by atoms with E-state index in [1.54, 1.807) is 0 Å². The maximum Gasteiger partial charge on any atom is 0.186 e. The zero-order chi connectivity index (χ0) is 15.1. The lowest BCUT2D eigenvalue weighted by atomic mass is 10.1. The van der Waals surface area contributed by atoms with Crippen LogP contribution in [0.15, 0.2) is 30.3 Å². The molecule has 6 heteroatoms. The number of aliphatic hydroxyl groups excluding tert-OH is 1. The third-order valence-electron chi connectivity index (χ3n) is 3.30. The summed E-state index contributed by atoms with van der Waals surface area (Å²) in [5, 5.41) is 10.1. The van der Waals surface area contributed by atoms with Gasteiger partial charge >= 0.3 is 0 Å². The van der Waals surface area contributed by atoms with Crippen LogP contribution in [-0.4, -0.2) is 57.3 Å². The minimum atomic E-state index is -0.865. The highest BCUT2D eigenvalue weighted by molar-refractivity contribution is 5.13. The maximum absolute atomic E-state index is 10.1. The van der Waals surface area contributed by atoms with E-state index in [0.29, 0.717) is 13.2 Å². The number of rotatable bonds is 8. The average molecular weight is 298 g/mol. The maximum atomic E-state index is 10.1. The van der Waals surface area contributed by atoms with Crippen molar-refractivity contribution in [3.05, 3.63) is 35.9 Å². The predicted octanol–water partition coefficient (Wildman–Crippen LogP) is 0.924. The average Bonchev–Trinajstić information content (AvgIpc) is 2.82. The molecule has 118 valence electrons. The smallest absolute Gasteiger partial charge is 0.186 e. The van der Waals surface area contributed by atoms with Crippen molar-refractivity contribution in [2.45, 2.75) is 31.2 Å². The van der Waals surface area contributed by atoms with Gasteiger partial charge in [-0.2, -0.15) is 0 Å². The second-order valence-corrected chi connectivity index (χ2v) is 4.81. The molecule has 1 aliphatic rings. The van der Waals surface area contributed by atoms with Gasteiger partial charge in [0.1, 0.15) is 25.1 Å². The summed E-state index contributed by atoms with van der Waals surface area (Å²) in [4.78, 5) is 0. The van der Waals surface area contributed by atoms with Gasteiger partial charge in [0, 0.05) is 14.2 Å². The number of hydrogen-bond donors (Lipinski definition) is 1. The standard InChI is InChI=1S/C15H22O6/c1-17-10-20-14-12(21-15(18-2)13(14)16)9-19-8-11-6-4-3-5-7-11/h3-7,12-16H,8-10H2,1-2H3/t12-,13-,14-,15-/m1/s1. The molecule has 2 rings (SSSR count). The Morgan fingerprint density at radius 3 is 2.62 bits per heavy atom. The molecule has 0 saturated carbocycles. The van der Waals surface area contributed by atoms with Crippen LogP contribution in [0, 0.1) is 0 Å². The van der Waals surface area contributed by atoms with Crippen LogP contribution < -0.4 is 0 Å². The van der Waals surface area contributed by atoms with Crippen molar-refractivity contribution >= 4 is 0 Å². The summed E-state index contributed by atoms with van der Waals surface area (Å²) in [6, 6.07) is 9.85. The predicted molar refractivity (Wildman–Crippen MR) is 74.5 cm³/mol. The van der Waals surface area contributed by atoms with Crippen molar-refractivity contribution in [3.63, 3.8) is 0 Å². The molecule has 0 radical (unpaired) electrons. The summed E-state index contributed by atoms with van der Waals surface area (Å²) >= 11 is 0. The number of hydrogen-bond acceptors (Lipinski definition) is 6. The minimum absolute atomic E-state index is 0.0801. The first kappa shape index (κ1) is 16.4. The third kappa shape index (κ3) is 4.47. The SMILES string of the molecule is COCO[C@H]1[C@@H](O)[C@H](OC)O[C@@H]1COCc1ccccc1. The highest BCUT2D eigenvalue weighted by Gasteiger charge is 2.44. The Labute approximate surface area is 124 Å². The zero-order valence-corrected chi connectivity index (χ0v) is 12.3. The van der Waals surface area contributed by atoms with Gasteiger partial charge in [-0.3, -0.25) is 0 Å².